The molecule has 3 N–H and O–H groups in total. The Morgan fingerprint density at radius 1 is 1.20 bits per heavy atom. The van der Waals surface area contributed by atoms with Crippen LogP contribution < -0.4 is 10.6 Å². The molecule has 6 nitrogen and oxygen atoms in total. The molecule has 3 aromatic rings. The normalized spacial score (nSPS) is 10.7. The zero-order chi connectivity index (χ0) is 14.1. The molecule has 0 spiro atoms. The summed E-state index contributed by atoms with van der Waals surface area (Å²) >= 11 is 0. The number of anilines is 3. The van der Waals surface area contributed by atoms with Gasteiger partial charge < -0.3 is 20.2 Å². The Balaban J connectivity index is 1.98. The Bertz CT molecular complexity index is 767. The van der Waals surface area contributed by atoms with E-state index in [-0.39, 0.29) is 5.75 Å². The van der Waals surface area contributed by atoms with Crippen LogP contribution in [0.1, 0.15) is 5.69 Å². The molecule has 0 aliphatic rings. The fraction of sp³-hybridized carbons (Fsp3) is 0.143. The van der Waals surface area contributed by atoms with Crippen molar-refractivity contribution in [1.29, 1.82) is 0 Å². The van der Waals surface area contributed by atoms with Crippen LogP contribution in [0, 0.1) is 6.92 Å². The maximum Gasteiger partial charge on any atom is 0.229 e. The standard InChI is InChI=1S/C14H14N4O2/c1-8-5-12(15-2)18-14(16-8)17-10-6-9-3-4-20-13(9)11(19)7-10/h3-7,19H,1-2H3,(H2,15,16,17,18). The fourth-order valence-electron chi connectivity index (χ4n) is 2.02. The molecular weight excluding hydrogens is 256 g/mol. The molecule has 3 rings (SSSR count). The highest BCUT2D eigenvalue weighted by Gasteiger charge is 2.08. The van der Waals surface area contributed by atoms with Gasteiger partial charge in [0.1, 0.15) is 5.82 Å². The zero-order valence-electron chi connectivity index (χ0n) is 11.1. The van der Waals surface area contributed by atoms with Gasteiger partial charge in [-0.1, -0.05) is 0 Å². The summed E-state index contributed by atoms with van der Waals surface area (Å²) in [6.07, 6.45) is 1.54. The average Bonchev–Trinajstić information content (AvgIpc) is 2.86. The number of aromatic nitrogens is 2. The molecule has 0 aliphatic heterocycles. The van der Waals surface area contributed by atoms with Gasteiger partial charge in [0.2, 0.25) is 5.95 Å². The number of rotatable bonds is 3. The third-order valence-electron chi connectivity index (χ3n) is 2.90. The number of nitrogens with one attached hydrogen (secondary N) is 2. The van der Waals surface area contributed by atoms with E-state index >= 15 is 0 Å². The summed E-state index contributed by atoms with van der Waals surface area (Å²) in [5.41, 5.74) is 2.01. The van der Waals surface area contributed by atoms with Crippen molar-refractivity contribution in [3.63, 3.8) is 0 Å². The van der Waals surface area contributed by atoms with E-state index in [1.165, 1.54) is 6.26 Å². The minimum absolute atomic E-state index is 0.0801. The number of furan rings is 1. The highest BCUT2D eigenvalue weighted by atomic mass is 16.3. The number of phenols is 1. The molecule has 0 aliphatic carbocycles. The molecule has 0 saturated heterocycles. The topological polar surface area (TPSA) is 83.2 Å². The van der Waals surface area contributed by atoms with Crippen LogP contribution in [0.3, 0.4) is 0 Å². The highest BCUT2D eigenvalue weighted by Crippen LogP contribution is 2.30. The Morgan fingerprint density at radius 3 is 2.85 bits per heavy atom. The van der Waals surface area contributed by atoms with Crippen molar-refractivity contribution in [1.82, 2.24) is 9.97 Å². The highest BCUT2D eigenvalue weighted by molar-refractivity contribution is 5.87. The largest absolute Gasteiger partial charge is 0.504 e. The molecule has 0 unspecified atom stereocenters. The number of nitrogens with zero attached hydrogens (tertiary/aromatic N) is 2. The first kappa shape index (κ1) is 12.3. The molecule has 0 fully saturated rings. The van der Waals surface area contributed by atoms with Gasteiger partial charge in [-0.3, -0.25) is 0 Å². The molecule has 2 aromatic heterocycles. The second-order valence-electron chi connectivity index (χ2n) is 4.43. The average molecular weight is 270 g/mol. The molecule has 102 valence electrons. The minimum Gasteiger partial charge on any atom is -0.504 e. The van der Waals surface area contributed by atoms with E-state index in [9.17, 15) is 5.11 Å². The van der Waals surface area contributed by atoms with Crippen LogP contribution in [0.2, 0.25) is 0 Å². The number of aryl methyl sites for hydroxylation is 1. The molecule has 1 aromatic carbocycles. The molecule has 2 heterocycles. The van der Waals surface area contributed by atoms with E-state index in [1.54, 1.807) is 19.2 Å². The van der Waals surface area contributed by atoms with E-state index in [1.807, 2.05) is 19.1 Å². The molecule has 0 amide bonds. The van der Waals surface area contributed by atoms with Crippen molar-refractivity contribution in [3.8, 4) is 5.75 Å². The third kappa shape index (κ3) is 2.23. The van der Waals surface area contributed by atoms with Gasteiger partial charge >= 0.3 is 0 Å². The molecule has 0 bridgehead atoms. The molecule has 20 heavy (non-hydrogen) atoms. The zero-order valence-corrected chi connectivity index (χ0v) is 11.1. The Kier molecular flexibility index (Phi) is 2.90. The van der Waals surface area contributed by atoms with Crippen LogP contribution in [-0.2, 0) is 0 Å². The second kappa shape index (κ2) is 4.73. The van der Waals surface area contributed by atoms with Gasteiger partial charge in [-0.15, -0.1) is 0 Å². The Morgan fingerprint density at radius 2 is 2.05 bits per heavy atom. The van der Waals surface area contributed by atoms with Crippen molar-refractivity contribution in [2.45, 2.75) is 6.92 Å². The number of hydrogen-bond donors (Lipinski definition) is 3. The summed E-state index contributed by atoms with van der Waals surface area (Å²) in [5.74, 6) is 1.28. The predicted octanol–water partition coefficient (Wildman–Crippen LogP) is 3.02. The minimum atomic E-state index is 0.0801. The van der Waals surface area contributed by atoms with Gasteiger partial charge in [-0.2, -0.15) is 4.98 Å². The second-order valence-corrected chi connectivity index (χ2v) is 4.43. The first-order valence-electron chi connectivity index (χ1n) is 6.16. The van der Waals surface area contributed by atoms with Crippen molar-refractivity contribution < 1.29 is 9.52 Å². The van der Waals surface area contributed by atoms with Gasteiger partial charge in [-0.25, -0.2) is 4.98 Å². The van der Waals surface area contributed by atoms with E-state index in [0.29, 0.717) is 17.2 Å². The van der Waals surface area contributed by atoms with Gasteiger partial charge in [0, 0.05) is 35.9 Å². The molecule has 0 radical (unpaired) electrons. The lowest BCUT2D eigenvalue weighted by Gasteiger charge is -2.08. The van der Waals surface area contributed by atoms with Crippen LogP contribution >= 0.6 is 0 Å². The van der Waals surface area contributed by atoms with Crippen molar-refractivity contribution >= 4 is 28.4 Å². The SMILES string of the molecule is CNc1cc(C)nc(Nc2cc(O)c3occc3c2)n1. The number of fused-ring (bicyclic) bond motifs is 1. The third-order valence-corrected chi connectivity index (χ3v) is 2.90. The summed E-state index contributed by atoms with van der Waals surface area (Å²) in [6, 6.07) is 7.08. The maximum absolute atomic E-state index is 9.89. The summed E-state index contributed by atoms with van der Waals surface area (Å²) < 4.78 is 5.19. The number of phenolic OH excluding ortho intramolecular Hbond substituents is 1. The summed E-state index contributed by atoms with van der Waals surface area (Å²) in [5, 5.41) is 16.8. The molecule has 0 atom stereocenters. The van der Waals surface area contributed by atoms with Crippen LogP contribution in [0.15, 0.2) is 34.9 Å². The quantitative estimate of drug-likeness (QED) is 0.678. The van der Waals surface area contributed by atoms with Gasteiger partial charge in [0.15, 0.2) is 11.3 Å². The predicted molar refractivity (Wildman–Crippen MR) is 77.5 cm³/mol. The fourth-order valence-corrected chi connectivity index (χ4v) is 2.02. The number of aromatic hydroxyl groups is 1. The summed E-state index contributed by atoms with van der Waals surface area (Å²) in [7, 11) is 1.80. The van der Waals surface area contributed by atoms with Crippen molar-refractivity contribution in [3.05, 3.63) is 36.2 Å². The van der Waals surface area contributed by atoms with Gasteiger partial charge in [0.25, 0.3) is 0 Å². The van der Waals surface area contributed by atoms with E-state index in [4.69, 9.17) is 4.42 Å². The lowest BCUT2D eigenvalue weighted by Crippen LogP contribution is -2.02. The monoisotopic (exact) mass is 270 g/mol. The van der Waals surface area contributed by atoms with Gasteiger partial charge in [0.05, 0.1) is 6.26 Å². The molecule has 6 heteroatoms. The smallest absolute Gasteiger partial charge is 0.229 e. The first-order valence-corrected chi connectivity index (χ1v) is 6.16. The molecular formula is C14H14N4O2. The lowest BCUT2D eigenvalue weighted by atomic mass is 10.2. The Hall–Kier alpha value is -2.76. The Labute approximate surface area is 115 Å². The maximum atomic E-state index is 9.89. The summed E-state index contributed by atoms with van der Waals surface area (Å²) in [6.45, 7) is 1.89. The number of hydrogen-bond acceptors (Lipinski definition) is 6. The van der Waals surface area contributed by atoms with Gasteiger partial charge in [-0.05, 0) is 19.1 Å². The lowest BCUT2D eigenvalue weighted by molar-refractivity contribution is 0.465. The van der Waals surface area contributed by atoms with Crippen LogP contribution in [-0.4, -0.2) is 22.1 Å². The van der Waals surface area contributed by atoms with Crippen LogP contribution in [0.4, 0.5) is 17.5 Å². The van der Waals surface area contributed by atoms with Crippen LogP contribution in [0.25, 0.3) is 11.0 Å². The first-order chi connectivity index (χ1) is 9.65. The molecule has 0 saturated carbocycles. The van der Waals surface area contributed by atoms with Crippen LogP contribution in [0.5, 0.6) is 5.75 Å². The summed E-state index contributed by atoms with van der Waals surface area (Å²) in [4.78, 5) is 8.61. The van der Waals surface area contributed by atoms with E-state index < -0.39 is 0 Å². The van der Waals surface area contributed by atoms with E-state index in [0.717, 1.165) is 16.9 Å². The van der Waals surface area contributed by atoms with Crippen molar-refractivity contribution in [2.75, 3.05) is 17.7 Å². The van der Waals surface area contributed by atoms with Crippen molar-refractivity contribution in [2.24, 2.45) is 0 Å². The number of benzene rings is 1. The van der Waals surface area contributed by atoms with E-state index in [2.05, 4.69) is 20.6 Å².